The quantitative estimate of drug-likeness (QED) is 0.470. The number of phenolic OH excluding ortho intramolecular Hbond substituents is 1. The van der Waals surface area contributed by atoms with E-state index in [1.54, 1.807) is 18.2 Å². The molecule has 0 spiro atoms. The van der Waals surface area contributed by atoms with Crippen molar-refractivity contribution in [1.82, 2.24) is 4.90 Å². The van der Waals surface area contributed by atoms with Crippen LogP contribution in [0.4, 0.5) is 4.79 Å². The second-order valence-electron chi connectivity index (χ2n) is 6.04. The predicted octanol–water partition coefficient (Wildman–Crippen LogP) is 4.94. The first kappa shape index (κ1) is 19.8. The van der Waals surface area contributed by atoms with Crippen molar-refractivity contribution < 1.29 is 19.4 Å². The molecule has 7 heteroatoms. The number of nitrogens with zero attached hydrogens (tertiary/aromatic N) is 1. The number of hydrogen-bond acceptors (Lipinski definition) is 5. The van der Waals surface area contributed by atoms with Gasteiger partial charge in [0.2, 0.25) is 0 Å². The Hall–Kier alpha value is -2.00. The average Bonchev–Trinajstić information content (AvgIpc) is 2.87. The number of aromatic hydroxyl groups is 1. The molecule has 1 saturated heterocycles. The van der Waals surface area contributed by atoms with Gasteiger partial charge in [-0.25, -0.2) is 0 Å². The molecule has 5 nitrogen and oxygen atoms in total. The van der Waals surface area contributed by atoms with Gasteiger partial charge in [0.05, 0.1) is 21.6 Å². The summed E-state index contributed by atoms with van der Waals surface area (Å²) in [6.45, 7) is 4.47. The molecule has 0 atom stereocenters. The number of carbonyl (C=O) groups is 2. The Morgan fingerprint density at radius 1 is 1.26 bits per heavy atom. The molecule has 0 aromatic heterocycles. The lowest BCUT2D eigenvalue weighted by atomic mass is 10.1. The number of rotatable bonds is 5. The van der Waals surface area contributed by atoms with Crippen LogP contribution in [0.25, 0.3) is 6.08 Å². The summed E-state index contributed by atoms with van der Waals surface area (Å²) in [6.07, 6.45) is 1.66. The number of phenols is 1. The summed E-state index contributed by atoms with van der Waals surface area (Å²) in [6, 6.07) is 11.1. The van der Waals surface area contributed by atoms with Gasteiger partial charge in [-0.3, -0.25) is 14.5 Å². The van der Waals surface area contributed by atoms with Crippen molar-refractivity contribution in [3.63, 3.8) is 0 Å². The zero-order valence-electron chi connectivity index (χ0n) is 14.9. The maximum absolute atomic E-state index is 12.7. The molecule has 0 bridgehead atoms. The van der Waals surface area contributed by atoms with E-state index in [-0.39, 0.29) is 23.4 Å². The summed E-state index contributed by atoms with van der Waals surface area (Å²) in [5.41, 5.74) is 2.69. The highest BCUT2D eigenvalue weighted by atomic mass is 127. The second kappa shape index (κ2) is 8.35. The Balaban J connectivity index is 1.86. The van der Waals surface area contributed by atoms with Gasteiger partial charge in [0.15, 0.2) is 11.5 Å². The van der Waals surface area contributed by atoms with E-state index in [4.69, 9.17) is 4.74 Å². The van der Waals surface area contributed by atoms with Gasteiger partial charge in [0, 0.05) is 0 Å². The number of benzene rings is 2. The van der Waals surface area contributed by atoms with Crippen LogP contribution >= 0.6 is 34.4 Å². The third kappa shape index (κ3) is 4.47. The second-order valence-corrected chi connectivity index (χ2v) is 8.19. The fourth-order valence-corrected chi connectivity index (χ4v) is 4.19. The van der Waals surface area contributed by atoms with E-state index in [1.807, 2.05) is 60.7 Å². The molecule has 1 aliphatic heterocycles. The fourth-order valence-electron chi connectivity index (χ4n) is 2.72. The van der Waals surface area contributed by atoms with Crippen LogP contribution in [0.5, 0.6) is 11.5 Å². The lowest BCUT2D eigenvalue weighted by Crippen LogP contribution is -2.27. The topological polar surface area (TPSA) is 66.8 Å². The molecule has 140 valence electrons. The Morgan fingerprint density at radius 3 is 2.74 bits per heavy atom. The number of carbonyl (C=O) groups excluding carboxylic acids is 2. The van der Waals surface area contributed by atoms with Crippen molar-refractivity contribution in [2.24, 2.45) is 0 Å². The first-order valence-corrected chi connectivity index (χ1v) is 10.2. The molecule has 1 N–H and O–H groups in total. The van der Waals surface area contributed by atoms with E-state index in [0.717, 1.165) is 22.9 Å². The summed E-state index contributed by atoms with van der Waals surface area (Å²) in [4.78, 5) is 26.6. The van der Waals surface area contributed by atoms with Crippen LogP contribution in [0.1, 0.15) is 23.6 Å². The molecular weight excluding hydrogens is 477 g/mol. The van der Waals surface area contributed by atoms with Crippen molar-refractivity contribution in [1.29, 1.82) is 0 Å². The molecule has 2 aromatic rings. The minimum absolute atomic E-state index is 0.0714. The molecule has 3 rings (SSSR count). The first-order valence-electron chi connectivity index (χ1n) is 8.35. The lowest BCUT2D eigenvalue weighted by molar-refractivity contribution is -0.123. The van der Waals surface area contributed by atoms with Gasteiger partial charge in [-0.2, -0.15) is 0 Å². The van der Waals surface area contributed by atoms with Gasteiger partial charge in [0.1, 0.15) is 0 Å². The van der Waals surface area contributed by atoms with Gasteiger partial charge in [-0.1, -0.05) is 29.8 Å². The smallest absolute Gasteiger partial charge is 0.293 e. The normalized spacial score (nSPS) is 15.7. The summed E-state index contributed by atoms with van der Waals surface area (Å²) in [5.74, 6) is 0.115. The van der Waals surface area contributed by atoms with Gasteiger partial charge in [-0.15, -0.1) is 0 Å². The first-order chi connectivity index (χ1) is 12.9. The maximum atomic E-state index is 12.7. The zero-order valence-corrected chi connectivity index (χ0v) is 17.8. The minimum atomic E-state index is -0.312. The molecule has 1 heterocycles. The van der Waals surface area contributed by atoms with E-state index >= 15 is 0 Å². The van der Waals surface area contributed by atoms with Crippen molar-refractivity contribution in [2.75, 3.05) is 6.61 Å². The Bertz CT molecular complexity index is 942. The lowest BCUT2D eigenvalue weighted by Gasteiger charge is -2.12. The monoisotopic (exact) mass is 495 g/mol. The highest BCUT2D eigenvalue weighted by Crippen LogP contribution is 2.37. The van der Waals surface area contributed by atoms with Crippen LogP contribution in [0, 0.1) is 10.5 Å². The predicted molar refractivity (Wildman–Crippen MR) is 115 cm³/mol. The number of imide groups is 1. The number of thioether (sulfide) groups is 1. The molecular formula is C20H18INO4S. The highest BCUT2D eigenvalue weighted by Gasteiger charge is 2.35. The van der Waals surface area contributed by atoms with E-state index in [1.165, 1.54) is 4.90 Å². The number of aryl methyl sites for hydroxylation is 1. The summed E-state index contributed by atoms with van der Waals surface area (Å²) < 4.78 is 6.04. The largest absolute Gasteiger partial charge is 0.504 e. The van der Waals surface area contributed by atoms with Crippen molar-refractivity contribution in [2.45, 2.75) is 20.4 Å². The molecule has 1 aliphatic rings. The third-order valence-electron chi connectivity index (χ3n) is 3.95. The molecule has 2 amide bonds. The van der Waals surface area contributed by atoms with Gasteiger partial charge in [0.25, 0.3) is 11.1 Å². The molecule has 2 aromatic carbocycles. The molecule has 0 aliphatic carbocycles. The van der Waals surface area contributed by atoms with Crippen LogP contribution in [0.2, 0.25) is 0 Å². The van der Waals surface area contributed by atoms with Crippen molar-refractivity contribution >= 4 is 51.6 Å². The number of amides is 2. The van der Waals surface area contributed by atoms with E-state index in [2.05, 4.69) is 0 Å². The Kier molecular flexibility index (Phi) is 6.11. The van der Waals surface area contributed by atoms with Crippen LogP contribution in [0.15, 0.2) is 41.3 Å². The third-order valence-corrected chi connectivity index (χ3v) is 5.67. The van der Waals surface area contributed by atoms with Gasteiger partial charge < -0.3 is 9.84 Å². The standard InChI is InChI=1S/C20H18INO4S/c1-3-26-16-9-14(8-15(21)18(16)23)10-17-19(24)22(20(25)27-17)11-13-6-4-5-12(2)7-13/h4-10,23H,3,11H2,1-2H3/b17-10+. The summed E-state index contributed by atoms with van der Waals surface area (Å²) in [7, 11) is 0. The highest BCUT2D eigenvalue weighted by molar-refractivity contribution is 14.1. The van der Waals surface area contributed by atoms with Crippen LogP contribution < -0.4 is 4.74 Å². The molecule has 27 heavy (non-hydrogen) atoms. The van der Waals surface area contributed by atoms with Crippen LogP contribution in [-0.2, 0) is 11.3 Å². The minimum Gasteiger partial charge on any atom is -0.504 e. The van der Waals surface area contributed by atoms with E-state index < -0.39 is 0 Å². The summed E-state index contributed by atoms with van der Waals surface area (Å²) >= 11 is 2.93. The van der Waals surface area contributed by atoms with E-state index in [9.17, 15) is 14.7 Å². The molecule has 0 radical (unpaired) electrons. The van der Waals surface area contributed by atoms with Crippen LogP contribution in [-0.4, -0.2) is 27.8 Å². The average molecular weight is 495 g/mol. The summed E-state index contributed by atoms with van der Waals surface area (Å²) in [5, 5.41) is 9.76. The SMILES string of the molecule is CCOc1cc(/C=C2/SC(=O)N(Cc3cccc(C)c3)C2=O)cc(I)c1O. The Morgan fingerprint density at radius 2 is 2.04 bits per heavy atom. The maximum Gasteiger partial charge on any atom is 0.293 e. The molecule has 0 unspecified atom stereocenters. The number of halogens is 1. The van der Waals surface area contributed by atoms with Gasteiger partial charge in [-0.05, 0) is 77.5 Å². The van der Waals surface area contributed by atoms with Gasteiger partial charge >= 0.3 is 0 Å². The fraction of sp³-hybridized carbons (Fsp3) is 0.200. The number of hydrogen-bond donors (Lipinski definition) is 1. The van der Waals surface area contributed by atoms with Crippen molar-refractivity contribution in [3.8, 4) is 11.5 Å². The zero-order chi connectivity index (χ0) is 19.6. The van der Waals surface area contributed by atoms with Crippen LogP contribution in [0.3, 0.4) is 0 Å². The van der Waals surface area contributed by atoms with Crippen molar-refractivity contribution in [3.05, 3.63) is 61.6 Å². The molecule has 1 fully saturated rings. The number of ether oxygens (including phenoxy) is 1. The Labute approximate surface area is 175 Å². The van der Waals surface area contributed by atoms with E-state index in [0.29, 0.717) is 26.4 Å². The molecule has 0 saturated carbocycles.